The minimum atomic E-state index is -1.29. The van der Waals surface area contributed by atoms with Crippen LogP contribution in [0.3, 0.4) is 0 Å². The monoisotopic (exact) mass is 338 g/mol. The molecule has 0 amide bonds. The summed E-state index contributed by atoms with van der Waals surface area (Å²) in [5.41, 5.74) is 1.03. The lowest BCUT2D eigenvalue weighted by atomic mass is 9.81. The second-order valence-electron chi connectivity index (χ2n) is 5.68. The first kappa shape index (κ1) is 15.8. The Kier molecular flexibility index (Phi) is 4.19. The molecule has 1 atom stereocenters. The number of aliphatic hydroxyl groups is 1. The molecular weight excluding hydrogens is 323 g/mol. The summed E-state index contributed by atoms with van der Waals surface area (Å²) in [6.45, 7) is 1.58. The molecule has 0 bridgehead atoms. The standard InChI is InChI=1S/C17H16Cl2O3/c1-16(20)10-11-17(22-21-16,12-2-6-14(18)7-3-12)13-4-8-15(19)9-5-13/h2-9,20H,10-11H2,1H3. The third-order valence-corrected chi connectivity index (χ3v) is 4.43. The normalized spacial score (nSPS) is 24.2. The van der Waals surface area contributed by atoms with Crippen LogP contribution in [0.4, 0.5) is 0 Å². The first-order valence-corrected chi connectivity index (χ1v) is 7.78. The van der Waals surface area contributed by atoms with E-state index in [-0.39, 0.29) is 0 Å². The van der Waals surface area contributed by atoms with Crippen LogP contribution in [0.1, 0.15) is 30.9 Å². The predicted octanol–water partition coefficient (Wildman–Crippen LogP) is 4.69. The van der Waals surface area contributed by atoms with Gasteiger partial charge in [-0.05, 0) is 48.7 Å². The van der Waals surface area contributed by atoms with Gasteiger partial charge >= 0.3 is 0 Å². The first-order valence-electron chi connectivity index (χ1n) is 7.03. The Bertz CT molecular complexity index is 593. The van der Waals surface area contributed by atoms with Crippen LogP contribution in [0.25, 0.3) is 0 Å². The Hall–Kier alpha value is -1.10. The van der Waals surface area contributed by atoms with Gasteiger partial charge in [0.1, 0.15) is 0 Å². The zero-order chi connectivity index (χ0) is 15.8. The van der Waals surface area contributed by atoms with Crippen LogP contribution in [0.15, 0.2) is 48.5 Å². The highest BCUT2D eigenvalue weighted by molar-refractivity contribution is 6.30. The molecule has 22 heavy (non-hydrogen) atoms. The lowest BCUT2D eigenvalue weighted by molar-refractivity contribution is -0.477. The summed E-state index contributed by atoms with van der Waals surface area (Å²) < 4.78 is 0. The maximum atomic E-state index is 10.00. The maximum Gasteiger partial charge on any atom is 0.196 e. The molecule has 1 heterocycles. The highest BCUT2D eigenvalue weighted by Crippen LogP contribution is 2.44. The van der Waals surface area contributed by atoms with Gasteiger partial charge in [-0.2, -0.15) is 0 Å². The van der Waals surface area contributed by atoms with E-state index in [4.69, 9.17) is 33.0 Å². The molecule has 0 aromatic heterocycles. The highest BCUT2D eigenvalue weighted by atomic mass is 35.5. The fraction of sp³-hybridized carbons (Fsp3) is 0.294. The van der Waals surface area contributed by atoms with E-state index in [1.54, 1.807) is 6.92 Å². The van der Waals surface area contributed by atoms with Crippen LogP contribution in [-0.4, -0.2) is 10.9 Å². The van der Waals surface area contributed by atoms with E-state index in [2.05, 4.69) is 0 Å². The Balaban J connectivity index is 2.06. The topological polar surface area (TPSA) is 38.7 Å². The highest BCUT2D eigenvalue weighted by Gasteiger charge is 2.45. The third kappa shape index (κ3) is 3.00. The molecule has 1 unspecified atom stereocenters. The SMILES string of the molecule is CC1(O)CCC(c2ccc(Cl)cc2)(c2ccc(Cl)cc2)OO1. The third-order valence-electron chi connectivity index (χ3n) is 3.93. The molecular formula is C17H16Cl2O3. The van der Waals surface area contributed by atoms with E-state index in [9.17, 15) is 5.11 Å². The van der Waals surface area contributed by atoms with E-state index in [1.165, 1.54) is 0 Å². The lowest BCUT2D eigenvalue weighted by Gasteiger charge is -2.41. The van der Waals surface area contributed by atoms with Crippen LogP contribution in [0.5, 0.6) is 0 Å². The minimum absolute atomic E-state index is 0.443. The quantitative estimate of drug-likeness (QED) is 0.807. The molecule has 1 N–H and O–H groups in total. The van der Waals surface area contributed by atoms with Gasteiger partial charge in [-0.25, -0.2) is 9.78 Å². The summed E-state index contributed by atoms with van der Waals surface area (Å²) in [6, 6.07) is 14.9. The van der Waals surface area contributed by atoms with Crippen molar-refractivity contribution in [3.63, 3.8) is 0 Å². The number of rotatable bonds is 2. The molecule has 1 aliphatic rings. The van der Waals surface area contributed by atoms with Gasteiger partial charge in [0.05, 0.1) is 0 Å². The number of halogens is 2. The van der Waals surface area contributed by atoms with Crippen molar-refractivity contribution in [3.05, 3.63) is 69.7 Å². The van der Waals surface area contributed by atoms with E-state index in [0.29, 0.717) is 22.9 Å². The van der Waals surface area contributed by atoms with Gasteiger partial charge in [-0.15, -0.1) is 0 Å². The van der Waals surface area contributed by atoms with E-state index in [0.717, 1.165) is 11.1 Å². The first-order chi connectivity index (χ1) is 10.4. The van der Waals surface area contributed by atoms with E-state index < -0.39 is 11.4 Å². The molecule has 3 rings (SSSR count). The average molecular weight is 339 g/mol. The van der Waals surface area contributed by atoms with Gasteiger partial charge in [-0.1, -0.05) is 47.5 Å². The van der Waals surface area contributed by atoms with Crippen molar-refractivity contribution in [1.82, 2.24) is 0 Å². The molecule has 3 nitrogen and oxygen atoms in total. The molecule has 2 aromatic carbocycles. The van der Waals surface area contributed by atoms with Crippen LogP contribution < -0.4 is 0 Å². The Labute approximate surface area is 139 Å². The molecule has 0 saturated carbocycles. The predicted molar refractivity (Wildman–Crippen MR) is 85.7 cm³/mol. The summed E-state index contributed by atoms with van der Waals surface area (Å²) in [4.78, 5) is 10.9. The molecule has 1 aliphatic heterocycles. The van der Waals surface area contributed by atoms with Crippen molar-refractivity contribution in [1.29, 1.82) is 0 Å². The molecule has 0 spiro atoms. The van der Waals surface area contributed by atoms with Crippen molar-refractivity contribution in [2.24, 2.45) is 0 Å². The summed E-state index contributed by atoms with van der Waals surface area (Å²) in [6.07, 6.45) is 1.02. The van der Waals surface area contributed by atoms with Gasteiger partial charge in [0.15, 0.2) is 11.4 Å². The summed E-state index contributed by atoms with van der Waals surface area (Å²) >= 11 is 12.0. The van der Waals surface area contributed by atoms with Gasteiger partial charge < -0.3 is 5.11 Å². The number of hydrogen-bond donors (Lipinski definition) is 1. The number of benzene rings is 2. The van der Waals surface area contributed by atoms with Crippen LogP contribution >= 0.6 is 23.2 Å². The maximum absolute atomic E-state index is 10.00. The Morgan fingerprint density at radius 2 is 1.27 bits per heavy atom. The second-order valence-corrected chi connectivity index (χ2v) is 6.56. The van der Waals surface area contributed by atoms with Gasteiger partial charge in [0.2, 0.25) is 0 Å². The smallest absolute Gasteiger partial charge is 0.196 e. The van der Waals surface area contributed by atoms with Crippen LogP contribution in [-0.2, 0) is 15.4 Å². The fourth-order valence-electron chi connectivity index (χ4n) is 2.64. The average Bonchev–Trinajstić information content (AvgIpc) is 2.50. The van der Waals surface area contributed by atoms with E-state index in [1.807, 2.05) is 48.5 Å². The summed E-state index contributed by atoms with van der Waals surface area (Å²) in [7, 11) is 0. The van der Waals surface area contributed by atoms with Crippen molar-refractivity contribution in [2.45, 2.75) is 31.2 Å². The second kappa shape index (κ2) is 5.84. The Morgan fingerprint density at radius 3 is 1.64 bits per heavy atom. The molecule has 116 valence electrons. The largest absolute Gasteiger partial charge is 0.363 e. The van der Waals surface area contributed by atoms with Crippen LogP contribution in [0, 0.1) is 0 Å². The zero-order valence-electron chi connectivity index (χ0n) is 12.1. The molecule has 1 saturated heterocycles. The van der Waals surface area contributed by atoms with E-state index >= 15 is 0 Å². The summed E-state index contributed by atoms with van der Waals surface area (Å²) in [5, 5.41) is 11.3. The van der Waals surface area contributed by atoms with Crippen LogP contribution in [0.2, 0.25) is 10.0 Å². The lowest BCUT2D eigenvalue weighted by Crippen LogP contribution is -2.44. The Morgan fingerprint density at radius 1 is 0.818 bits per heavy atom. The van der Waals surface area contributed by atoms with Crippen molar-refractivity contribution in [3.8, 4) is 0 Å². The van der Waals surface area contributed by atoms with Gasteiger partial charge in [-0.3, -0.25) is 0 Å². The minimum Gasteiger partial charge on any atom is -0.363 e. The molecule has 2 aromatic rings. The van der Waals surface area contributed by atoms with Gasteiger partial charge in [0, 0.05) is 16.5 Å². The molecule has 5 heteroatoms. The number of hydrogen-bond acceptors (Lipinski definition) is 3. The fourth-order valence-corrected chi connectivity index (χ4v) is 2.89. The van der Waals surface area contributed by atoms with Crippen molar-refractivity contribution >= 4 is 23.2 Å². The molecule has 0 aliphatic carbocycles. The molecule has 0 radical (unpaired) electrons. The molecule has 1 fully saturated rings. The zero-order valence-corrected chi connectivity index (χ0v) is 13.6. The van der Waals surface area contributed by atoms with Crippen molar-refractivity contribution < 1.29 is 14.9 Å². The summed E-state index contributed by atoms with van der Waals surface area (Å²) in [5.74, 6) is -1.29. The van der Waals surface area contributed by atoms with Gasteiger partial charge in [0.25, 0.3) is 0 Å². The van der Waals surface area contributed by atoms with Crippen molar-refractivity contribution in [2.75, 3.05) is 0 Å².